The van der Waals surface area contributed by atoms with E-state index in [9.17, 15) is 9.90 Å². The molecule has 0 atom stereocenters. The number of ether oxygens (including phenoxy) is 2. The number of aromatic carboxylic acids is 1. The second kappa shape index (κ2) is 8.78. The Balaban J connectivity index is 1.97. The Morgan fingerprint density at radius 2 is 1.24 bits per heavy atom. The fourth-order valence-electron chi connectivity index (χ4n) is 2.93. The van der Waals surface area contributed by atoms with Crippen molar-refractivity contribution >= 4 is 5.97 Å². The van der Waals surface area contributed by atoms with Crippen LogP contribution in [-0.2, 0) is 0 Å². The van der Waals surface area contributed by atoms with Gasteiger partial charge in [-0.15, -0.1) is 0 Å². The van der Waals surface area contributed by atoms with Crippen molar-refractivity contribution in [2.45, 2.75) is 39.9 Å². The van der Waals surface area contributed by atoms with E-state index in [0.717, 1.165) is 28.2 Å². The molecule has 0 spiro atoms. The minimum atomic E-state index is -1.06. The summed E-state index contributed by atoms with van der Waals surface area (Å²) in [5.41, 5.74) is 3.10. The van der Waals surface area contributed by atoms with Crippen LogP contribution in [0, 0.1) is 0 Å². The molecule has 0 saturated carbocycles. The molecule has 1 N–H and O–H groups in total. The van der Waals surface area contributed by atoms with Gasteiger partial charge in [-0.25, -0.2) is 9.78 Å². The lowest BCUT2D eigenvalue weighted by atomic mass is 10.0. The van der Waals surface area contributed by atoms with Crippen LogP contribution in [0.25, 0.3) is 22.4 Å². The van der Waals surface area contributed by atoms with Crippen LogP contribution >= 0.6 is 0 Å². The summed E-state index contributed by atoms with van der Waals surface area (Å²) in [6, 6.07) is 18.6. The molecule has 2 aromatic carbocycles. The number of aromatic nitrogens is 1. The highest BCUT2D eigenvalue weighted by molar-refractivity contribution is 5.88. The van der Waals surface area contributed by atoms with Gasteiger partial charge in [0.05, 0.1) is 17.9 Å². The zero-order valence-corrected chi connectivity index (χ0v) is 17.0. The van der Waals surface area contributed by atoms with Crippen LogP contribution in [0.2, 0.25) is 0 Å². The molecule has 0 aliphatic heterocycles. The van der Waals surface area contributed by atoms with Gasteiger partial charge in [0, 0.05) is 5.56 Å². The van der Waals surface area contributed by atoms with Gasteiger partial charge in [0.1, 0.15) is 17.2 Å². The number of rotatable bonds is 7. The predicted octanol–water partition coefficient (Wildman–Crippen LogP) is 5.69. The molecule has 0 fully saturated rings. The summed E-state index contributed by atoms with van der Waals surface area (Å²) in [5.74, 6) is 0.476. The molecule has 150 valence electrons. The van der Waals surface area contributed by atoms with E-state index in [1.807, 2.05) is 82.3 Å². The zero-order valence-electron chi connectivity index (χ0n) is 17.0. The van der Waals surface area contributed by atoms with Crippen molar-refractivity contribution in [1.82, 2.24) is 4.98 Å². The molecule has 5 heteroatoms. The molecule has 0 saturated heterocycles. The number of carboxylic acid groups (broad SMARTS) is 1. The normalized spacial score (nSPS) is 11.0. The molecule has 0 aliphatic carbocycles. The lowest BCUT2D eigenvalue weighted by Crippen LogP contribution is -2.05. The van der Waals surface area contributed by atoms with Crippen molar-refractivity contribution in [1.29, 1.82) is 0 Å². The molecule has 1 heterocycles. The fraction of sp³-hybridized carbons (Fsp3) is 0.250. The van der Waals surface area contributed by atoms with E-state index in [0.29, 0.717) is 5.69 Å². The average Bonchev–Trinajstić information content (AvgIpc) is 2.68. The molecule has 29 heavy (non-hydrogen) atoms. The second-order valence-corrected chi connectivity index (χ2v) is 7.31. The molecule has 0 aliphatic rings. The third kappa shape index (κ3) is 5.35. The Bertz CT molecular complexity index is 905. The molecular weight excluding hydrogens is 366 g/mol. The van der Waals surface area contributed by atoms with Crippen LogP contribution < -0.4 is 9.47 Å². The summed E-state index contributed by atoms with van der Waals surface area (Å²) in [5, 5.41) is 9.51. The van der Waals surface area contributed by atoms with Crippen molar-refractivity contribution in [2.24, 2.45) is 0 Å². The maximum Gasteiger partial charge on any atom is 0.354 e. The summed E-state index contributed by atoms with van der Waals surface area (Å²) >= 11 is 0. The van der Waals surface area contributed by atoms with Gasteiger partial charge >= 0.3 is 5.97 Å². The highest BCUT2D eigenvalue weighted by atomic mass is 16.5. The first kappa shape index (κ1) is 20.4. The zero-order chi connectivity index (χ0) is 21.0. The van der Waals surface area contributed by atoms with Gasteiger partial charge < -0.3 is 14.6 Å². The predicted molar refractivity (Wildman–Crippen MR) is 114 cm³/mol. The van der Waals surface area contributed by atoms with Crippen LogP contribution in [0.5, 0.6) is 11.5 Å². The van der Waals surface area contributed by atoms with Gasteiger partial charge in [0.25, 0.3) is 0 Å². The van der Waals surface area contributed by atoms with Gasteiger partial charge in [-0.1, -0.05) is 12.1 Å². The number of nitrogens with zero attached hydrogens (tertiary/aromatic N) is 1. The third-order valence-electron chi connectivity index (χ3n) is 4.13. The minimum Gasteiger partial charge on any atom is -0.491 e. The first-order valence-electron chi connectivity index (χ1n) is 9.61. The first-order valence-corrected chi connectivity index (χ1v) is 9.61. The molecule has 0 unspecified atom stereocenters. The smallest absolute Gasteiger partial charge is 0.354 e. The maximum atomic E-state index is 11.6. The fourth-order valence-corrected chi connectivity index (χ4v) is 2.93. The lowest BCUT2D eigenvalue weighted by molar-refractivity contribution is 0.0690. The number of carboxylic acids is 1. The Kier molecular flexibility index (Phi) is 6.17. The largest absolute Gasteiger partial charge is 0.491 e. The van der Waals surface area contributed by atoms with Crippen molar-refractivity contribution < 1.29 is 19.4 Å². The molecular formula is C24H25NO4. The van der Waals surface area contributed by atoms with E-state index < -0.39 is 5.97 Å². The summed E-state index contributed by atoms with van der Waals surface area (Å²) in [4.78, 5) is 15.9. The van der Waals surface area contributed by atoms with Crippen molar-refractivity contribution in [3.63, 3.8) is 0 Å². The molecule has 0 bridgehead atoms. The Hall–Kier alpha value is -3.34. The molecule has 3 aromatic rings. The van der Waals surface area contributed by atoms with Crippen LogP contribution in [-0.4, -0.2) is 28.3 Å². The molecule has 1 aromatic heterocycles. The molecule has 3 rings (SSSR count). The standard InChI is InChI=1S/C24H25NO4/c1-15(2)28-20-9-5-17(6-10-20)19-13-22(25-23(14-19)24(26)27)18-7-11-21(12-8-18)29-16(3)4/h5-16H,1-4H3,(H,26,27). The van der Waals surface area contributed by atoms with Crippen molar-refractivity contribution in [3.05, 3.63) is 66.4 Å². The summed E-state index contributed by atoms with van der Waals surface area (Å²) < 4.78 is 11.4. The number of carbonyl (C=O) groups is 1. The van der Waals surface area contributed by atoms with Gasteiger partial charge in [0.2, 0.25) is 0 Å². The first-order chi connectivity index (χ1) is 13.8. The van der Waals surface area contributed by atoms with E-state index in [2.05, 4.69) is 4.98 Å². The Morgan fingerprint density at radius 3 is 1.69 bits per heavy atom. The highest BCUT2D eigenvalue weighted by Gasteiger charge is 2.12. The Labute approximate surface area is 171 Å². The summed E-state index contributed by atoms with van der Waals surface area (Å²) in [7, 11) is 0. The van der Waals surface area contributed by atoms with E-state index in [4.69, 9.17) is 9.47 Å². The molecule has 5 nitrogen and oxygen atoms in total. The van der Waals surface area contributed by atoms with E-state index in [1.165, 1.54) is 0 Å². The number of hydrogen-bond donors (Lipinski definition) is 1. The van der Waals surface area contributed by atoms with Gasteiger partial charge in [-0.05, 0) is 87.4 Å². The van der Waals surface area contributed by atoms with Crippen molar-refractivity contribution in [2.75, 3.05) is 0 Å². The highest BCUT2D eigenvalue weighted by Crippen LogP contribution is 2.29. The van der Waals surface area contributed by atoms with Gasteiger partial charge in [-0.2, -0.15) is 0 Å². The van der Waals surface area contributed by atoms with E-state index in [-0.39, 0.29) is 17.9 Å². The second-order valence-electron chi connectivity index (χ2n) is 7.31. The van der Waals surface area contributed by atoms with E-state index in [1.54, 1.807) is 6.07 Å². The molecule has 0 amide bonds. The summed E-state index contributed by atoms with van der Waals surface area (Å²) in [6.45, 7) is 7.88. The van der Waals surface area contributed by atoms with E-state index >= 15 is 0 Å². The number of pyridine rings is 1. The quantitative estimate of drug-likeness (QED) is 0.560. The van der Waals surface area contributed by atoms with Crippen LogP contribution in [0.3, 0.4) is 0 Å². The maximum absolute atomic E-state index is 11.6. The SMILES string of the molecule is CC(C)Oc1ccc(-c2cc(C(=O)O)nc(-c3ccc(OC(C)C)cc3)c2)cc1. The van der Waals surface area contributed by atoms with Crippen LogP contribution in [0.15, 0.2) is 60.7 Å². The number of benzene rings is 2. The monoisotopic (exact) mass is 391 g/mol. The van der Waals surface area contributed by atoms with Crippen LogP contribution in [0.4, 0.5) is 0 Å². The Morgan fingerprint density at radius 1 is 0.759 bits per heavy atom. The minimum absolute atomic E-state index is 0.00233. The average molecular weight is 391 g/mol. The lowest BCUT2D eigenvalue weighted by Gasteiger charge is -2.12. The van der Waals surface area contributed by atoms with Gasteiger partial charge in [0.15, 0.2) is 0 Å². The molecule has 0 radical (unpaired) electrons. The van der Waals surface area contributed by atoms with Crippen LogP contribution in [0.1, 0.15) is 38.2 Å². The summed E-state index contributed by atoms with van der Waals surface area (Å²) in [6.07, 6.45) is 0.179. The topological polar surface area (TPSA) is 68.7 Å². The third-order valence-corrected chi connectivity index (χ3v) is 4.13. The number of hydrogen-bond acceptors (Lipinski definition) is 4. The van der Waals surface area contributed by atoms with Crippen molar-refractivity contribution in [3.8, 4) is 33.9 Å². The van der Waals surface area contributed by atoms with Gasteiger partial charge in [-0.3, -0.25) is 0 Å².